The van der Waals surface area contributed by atoms with E-state index in [4.69, 9.17) is 15.2 Å². The number of carbonyl (C=O) groups excluding carboxylic acids is 1. The van der Waals surface area contributed by atoms with Gasteiger partial charge in [-0.2, -0.15) is 0 Å². The average molecular weight is 278 g/mol. The highest BCUT2D eigenvalue weighted by Gasteiger charge is 2.30. The molecule has 0 bridgehead atoms. The highest BCUT2D eigenvalue weighted by Crippen LogP contribution is 2.26. The Morgan fingerprint density at radius 3 is 2.80 bits per heavy atom. The first-order valence-corrected chi connectivity index (χ1v) is 6.82. The Kier molecular flexibility index (Phi) is 4.49. The molecule has 1 aliphatic rings. The average Bonchev–Trinajstić information content (AvgIpc) is 2.47. The van der Waals surface area contributed by atoms with Crippen LogP contribution in [0.15, 0.2) is 18.2 Å². The van der Waals surface area contributed by atoms with Gasteiger partial charge < -0.3 is 20.1 Å². The maximum absolute atomic E-state index is 12.6. The van der Waals surface area contributed by atoms with Crippen LogP contribution >= 0.6 is 0 Å². The van der Waals surface area contributed by atoms with E-state index in [9.17, 15) is 4.79 Å². The largest absolute Gasteiger partial charge is 0.496 e. The second kappa shape index (κ2) is 6.13. The van der Waals surface area contributed by atoms with Gasteiger partial charge in [-0.1, -0.05) is 6.92 Å². The Morgan fingerprint density at radius 2 is 2.15 bits per heavy atom. The van der Waals surface area contributed by atoms with Crippen molar-refractivity contribution >= 4 is 11.6 Å². The molecule has 1 amide bonds. The molecule has 1 saturated heterocycles. The molecule has 1 fully saturated rings. The molecule has 0 aliphatic carbocycles. The number of likely N-dealkylation sites (tertiary alicyclic amines) is 1. The van der Waals surface area contributed by atoms with E-state index in [0.717, 1.165) is 13.0 Å². The lowest BCUT2D eigenvalue weighted by Gasteiger charge is -2.36. The van der Waals surface area contributed by atoms with E-state index < -0.39 is 0 Å². The minimum absolute atomic E-state index is 0.0527. The monoisotopic (exact) mass is 278 g/mol. The number of nitrogens with zero attached hydrogens (tertiary/aromatic N) is 1. The van der Waals surface area contributed by atoms with Gasteiger partial charge in [-0.25, -0.2) is 0 Å². The van der Waals surface area contributed by atoms with Gasteiger partial charge in [-0.15, -0.1) is 0 Å². The number of nitrogen functional groups attached to an aromatic ring is 1. The van der Waals surface area contributed by atoms with E-state index in [1.807, 2.05) is 4.90 Å². The number of anilines is 1. The molecule has 5 heteroatoms. The molecule has 2 unspecified atom stereocenters. The SMILES string of the molecule is COc1ccc(N)cc1C(=O)N1CCC(C)C(OC)C1. The Morgan fingerprint density at radius 1 is 1.40 bits per heavy atom. The van der Waals surface area contributed by atoms with E-state index >= 15 is 0 Å². The second-order valence-electron chi connectivity index (χ2n) is 5.25. The molecule has 2 rings (SSSR count). The van der Waals surface area contributed by atoms with Crippen LogP contribution < -0.4 is 10.5 Å². The predicted octanol–water partition coefficient (Wildman–Crippen LogP) is 1.77. The van der Waals surface area contributed by atoms with Crippen LogP contribution in [0, 0.1) is 5.92 Å². The minimum Gasteiger partial charge on any atom is -0.496 e. The summed E-state index contributed by atoms with van der Waals surface area (Å²) in [4.78, 5) is 14.4. The number of amides is 1. The third-order valence-electron chi connectivity index (χ3n) is 3.93. The van der Waals surface area contributed by atoms with E-state index in [-0.39, 0.29) is 12.0 Å². The molecule has 20 heavy (non-hydrogen) atoms. The first-order valence-electron chi connectivity index (χ1n) is 6.82. The lowest BCUT2D eigenvalue weighted by molar-refractivity contribution is -0.00166. The third kappa shape index (κ3) is 2.88. The number of carbonyl (C=O) groups is 1. The fourth-order valence-corrected chi connectivity index (χ4v) is 2.59. The van der Waals surface area contributed by atoms with Gasteiger partial charge in [-0.05, 0) is 30.5 Å². The summed E-state index contributed by atoms with van der Waals surface area (Å²) < 4.78 is 10.7. The Balaban J connectivity index is 2.21. The predicted molar refractivity (Wildman–Crippen MR) is 77.9 cm³/mol. The van der Waals surface area contributed by atoms with Gasteiger partial charge in [0.1, 0.15) is 5.75 Å². The normalized spacial score (nSPS) is 22.6. The van der Waals surface area contributed by atoms with E-state index in [0.29, 0.717) is 29.5 Å². The number of ether oxygens (including phenoxy) is 2. The Hall–Kier alpha value is -1.75. The lowest BCUT2D eigenvalue weighted by atomic mass is 9.95. The van der Waals surface area contributed by atoms with Crippen molar-refractivity contribution in [2.24, 2.45) is 5.92 Å². The number of hydrogen-bond acceptors (Lipinski definition) is 4. The van der Waals surface area contributed by atoms with Crippen molar-refractivity contribution in [3.63, 3.8) is 0 Å². The standard InChI is InChI=1S/C15H22N2O3/c1-10-6-7-17(9-14(10)20-3)15(18)12-8-11(16)4-5-13(12)19-2/h4-5,8,10,14H,6-7,9,16H2,1-3H3. The van der Waals surface area contributed by atoms with E-state index in [1.165, 1.54) is 0 Å². The summed E-state index contributed by atoms with van der Waals surface area (Å²) in [5.41, 5.74) is 6.84. The number of hydrogen-bond donors (Lipinski definition) is 1. The van der Waals surface area contributed by atoms with Crippen LogP contribution in [0.4, 0.5) is 5.69 Å². The first-order chi connectivity index (χ1) is 9.56. The number of rotatable bonds is 3. The molecule has 1 heterocycles. The molecule has 0 saturated carbocycles. The first kappa shape index (κ1) is 14.7. The van der Waals surface area contributed by atoms with Gasteiger partial charge in [0, 0.05) is 25.9 Å². The molecule has 0 spiro atoms. The highest BCUT2D eigenvalue weighted by molar-refractivity contribution is 5.98. The molecule has 110 valence electrons. The number of methoxy groups -OCH3 is 2. The number of piperidine rings is 1. The molecule has 1 aromatic carbocycles. The van der Waals surface area contributed by atoms with Gasteiger partial charge >= 0.3 is 0 Å². The van der Waals surface area contributed by atoms with Gasteiger partial charge in [0.05, 0.1) is 18.8 Å². The molecule has 1 aromatic rings. The second-order valence-corrected chi connectivity index (χ2v) is 5.25. The topological polar surface area (TPSA) is 64.8 Å². The molecule has 1 aliphatic heterocycles. The molecular formula is C15H22N2O3. The zero-order valence-electron chi connectivity index (χ0n) is 12.3. The van der Waals surface area contributed by atoms with Gasteiger partial charge in [0.15, 0.2) is 0 Å². The van der Waals surface area contributed by atoms with Crippen molar-refractivity contribution in [2.75, 3.05) is 33.0 Å². The number of nitrogens with two attached hydrogens (primary N) is 1. The van der Waals surface area contributed by atoms with Crippen LogP contribution in [0.25, 0.3) is 0 Å². The van der Waals surface area contributed by atoms with E-state index in [2.05, 4.69) is 6.92 Å². The summed E-state index contributed by atoms with van der Waals surface area (Å²) in [5.74, 6) is 0.965. The van der Waals surface area contributed by atoms with E-state index in [1.54, 1.807) is 32.4 Å². The molecule has 0 radical (unpaired) electrons. The fourth-order valence-electron chi connectivity index (χ4n) is 2.59. The summed E-state index contributed by atoms with van der Waals surface area (Å²) in [6, 6.07) is 5.12. The fraction of sp³-hybridized carbons (Fsp3) is 0.533. The van der Waals surface area contributed by atoms with Crippen molar-refractivity contribution in [1.29, 1.82) is 0 Å². The third-order valence-corrected chi connectivity index (χ3v) is 3.93. The van der Waals surface area contributed by atoms with Crippen LogP contribution in [0.1, 0.15) is 23.7 Å². The van der Waals surface area contributed by atoms with Gasteiger partial charge in [-0.3, -0.25) is 4.79 Å². The Bertz CT molecular complexity index is 490. The van der Waals surface area contributed by atoms with Crippen molar-refractivity contribution in [2.45, 2.75) is 19.4 Å². The van der Waals surface area contributed by atoms with Crippen molar-refractivity contribution < 1.29 is 14.3 Å². The summed E-state index contributed by atoms with van der Waals surface area (Å²) in [6.07, 6.45) is 1.02. The molecule has 2 N–H and O–H groups in total. The zero-order valence-corrected chi connectivity index (χ0v) is 12.3. The summed E-state index contributed by atoms with van der Waals surface area (Å²) >= 11 is 0. The summed E-state index contributed by atoms with van der Waals surface area (Å²) in [5, 5.41) is 0. The van der Waals surface area contributed by atoms with Crippen molar-refractivity contribution in [3.05, 3.63) is 23.8 Å². The maximum atomic E-state index is 12.6. The number of benzene rings is 1. The van der Waals surface area contributed by atoms with Crippen molar-refractivity contribution in [1.82, 2.24) is 4.90 Å². The molecular weight excluding hydrogens is 256 g/mol. The summed E-state index contributed by atoms with van der Waals surface area (Å²) in [6.45, 7) is 3.49. The van der Waals surface area contributed by atoms with Gasteiger partial charge in [0.2, 0.25) is 0 Å². The lowest BCUT2D eigenvalue weighted by Crippen LogP contribution is -2.46. The molecule has 5 nitrogen and oxygen atoms in total. The van der Waals surface area contributed by atoms with Gasteiger partial charge in [0.25, 0.3) is 5.91 Å². The molecule has 2 atom stereocenters. The maximum Gasteiger partial charge on any atom is 0.257 e. The smallest absolute Gasteiger partial charge is 0.257 e. The zero-order chi connectivity index (χ0) is 14.7. The van der Waals surface area contributed by atoms with Crippen LogP contribution in [-0.2, 0) is 4.74 Å². The molecule has 0 aromatic heterocycles. The van der Waals surface area contributed by atoms with Crippen molar-refractivity contribution in [3.8, 4) is 5.75 Å². The highest BCUT2D eigenvalue weighted by atomic mass is 16.5. The van der Waals surface area contributed by atoms with Crippen LogP contribution in [0.3, 0.4) is 0 Å². The minimum atomic E-state index is -0.0527. The summed E-state index contributed by atoms with van der Waals surface area (Å²) in [7, 11) is 3.24. The van der Waals surface area contributed by atoms with Crippen LogP contribution in [0.5, 0.6) is 5.75 Å². The quantitative estimate of drug-likeness (QED) is 0.856. The van der Waals surface area contributed by atoms with Crippen LogP contribution in [0.2, 0.25) is 0 Å². The van der Waals surface area contributed by atoms with Crippen LogP contribution in [-0.4, -0.2) is 44.2 Å². The Labute approximate surface area is 119 Å².